The normalized spacial score (nSPS) is 8.67. The third-order valence-corrected chi connectivity index (χ3v) is 1.98. The van der Waals surface area contributed by atoms with Gasteiger partial charge in [0.1, 0.15) is 11.9 Å². The molecule has 0 saturated carbocycles. The summed E-state index contributed by atoms with van der Waals surface area (Å²) < 4.78 is 0. The second-order valence-corrected chi connectivity index (χ2v) is 3.20. The van der Waals surface area contributed by atoms with Gasteiger partial charge in [-0.3, -0.25) is 0 Å². The summed E-state index contributed by atoms with van der Waals surface area (Å²) in [6.07, 6.45) is 0. The first-order valence-corrected chi connectivity index (χ1v) is 4.71. The number of anilines is 1. The van der Waals surface area contributed by atoms with Gasteiger partial charge in [0.15, 0.2) is 0 Å². The minimum absolute atomic E-state index is 0.515. The van der Waals surface area contributed by atoms with E-state index in [2.05, 4.69) is 28.2 Å². The molecule has 0 radical (unpaired) electrons. The zero-order chi connectivity index (χ0) is 11.3. The van der Waals surface area contributed by atoms with E-state index in [1.807, 2.05) is 19.9 Å². The van der Waals surface area contributed by atoms with Crippen LogP contribution in [-0.2, 0) is 0 Å². The lowest BCUT2D eigenvalue weighted by Crippen LogP contribution is -2.05. The molecule has 0 unspecified atom stereocenters. The predicted molar refractivity (Wildman–Crippen MR) is 60.4 cm³/mol. The molecule has 1 N–H and O–H groups in total. The Bertz CT molecular complexity index is 458. The molecule has 0 amide bonds. The van der Waals surface area contributed by atoms with Crippen molar-refractivity contribution in [2.45, 2.75) is 20.8 Å². The van der Waals surface area contributed by atoms with Crippen LogP contribution in [0.5, 0.6) is 0 Å². The number of nitrogens with one attached hydrogen (secondary N) is 1. The van der Waals surface area contributed by atoms with Crippen molar-refractivity contribution < 1.29 is 0 Å². The number of nitrogens with zero attached hydrogens (tertiary/aromatic N) is 2. The van der Waals surface area contributed by atoms with Crippen LogP contribution >= 0.6 is 0 Å². The molecule has 1 rings (SSSR count). The summed E-state index contributed by atoms with van der Waals surface area (Å²) in [5.41, 5.74) is 2.44. The predicted octanol–water partition coefficient (Wildman–Crippen LogP) is 2.01. The van der Waals surface area contributed by atoms with Gasteiger partial charge in [0, 0.05) is 5.69 Å². The van der Waals surface area contributed by atoms with Gasteiger partial charge in [-0.25, -0.2) is 4.98 Å². The van der Waals surface area contributed by atoms with Crippen molar-refractivity contribution in [3.63, 3.8) is 0 Å². The zero-order valence-electron chi connectivity index (χ0n) is 9.18. The molecule has 76 valence electrons. The highest BCUT2D eigenvalue weighted by molar-refractivity contribution is 5.56. The third kappa shape index (κ3) is 2.72. The Hall–Kier alpha value is -2.00. The second kappa shape index (κ2) is 5.02. The van der Waals surface area contributed by atoms with E-state index in [-0.39, 0.29) is 0 Å². The van der Waals surface area contributed by atoms with Gasteiger partial charge in [-0.15, -0.1) is 5.92 Å². The van der Waals surface area contributed by atoms with Gasteiger partial charge >= 0.3 is 0 Å². The molecule has 0 spiro atoms. The summed E-state index contributed by atoms with van der Waals surface area (Å²) >= 11 is 0. The van der Waals surface area contributed by atoms with E-state index in [1.165, 1.54) is 0 Å². The summed E-state index contributed by atoms with van der Waals surface area (Å²) in [6, 6.07) is 4.04. The third-order valence-electron chi connectivity index (χ3n) is 1.98. The summed E-state index contributed by atoms with van der Waals surface area (Å²) in [7, 11) is 0. The molecular weight excluding hydrogens is 186 g/mol. The number of pyridine rings is 1. The number of rotatable bonds is 2. The smallest absolute Gasteiger partial charge is 0.145 e. The van der Waals surface area contributed by atoms with Crippen molar-refractivity contribution in [1.29, 1.82) is 5.26 Å². The minimum Gasteiger partial charge on any atom is -0.358 e. The largest absolute Gasteiger partial charge is 0.358 e. The van der Waals surface area contributed by atoms with E-state index >= 15 is 0 Å². The highest BCUT2D eigenvalue weighted by Crippen LogP contribution is 2.16. The minimum atomic E-state index is 0.515. The number of aromatic nitrogens is 1. The molecule has 3 nitrogen and oxygen atoms in total. The molecule has 15 heavy (non-hydrogen) atoms. The molecule has 1 aromatic rings. The number of aryl methyl sites for hydroxylation is 2. The second-order valence-electron chi connectivity index (χ2n) is 3.20. The van der Waals surface area contributed by atoms with Gasteiger partial charge in [0.25, 0.3) is 0 Å². The molecular formula is C12H13N3. The van der Waals surface area contributed by atoms with Crippen molar-refractivity contribution in [1.82, 2.24) is 4.98 Å². The lowest BCUT2D eigenvalue weighted by atomic mass is 10.1. The quantitative estimate of drug-likeness (QED) is 0.741. The van der Waals surface area contributed by atoms with E-state index in [0.717, 1.165) is 11.3 Å². The summed E-state index contributed by atoms with van der Waals surface area (Å²) in [5, 5.41) is 12.0. The zero-order valence-corrected chi connectivity index (χ0v) is 9.18. The Balaban J connectivity index is 3.03. The molecule has 3 heteroatoms. The Morgan fingerprint density at radius 2 is 2.20 bits per heavy atom. The van der Waals surface area contributed by atoms with Crippen molar-refractivity contribution in [2.75, 3.05) is 11.9 Å². The number of nitriles is 1. The fraction of sp³-hybridized carbons (Fsp3) is 0.333. The first-order chi connectivity index (χ1) is 7.19. The Morgan fingerprint density at radius 3 is 2.80 bits per heavy atom. The van der Waals surface area contributed by atoms with Gasteiger partial charge in [-0.05, 0) is 32.4 Å². The van der Waals surface area contributed by atoms with Gasteiger partial charge < -0.3 is 5.32 Å². The van der Waals surface area contributed by atoms with Gasteiger partial charge in [0.2, 0.25) is 0 Å². The van der Waals surface area contributed by atoms with Crippen LogP contribution in [0.15, 0.2) is 6.07 Å². The van der Waals surface area contributed by atoms with E-state index in [1.54, 1.807) is 6.92 Å². The molecule has 0 bridgehead atoms. The standard InChI is InChI=1S/C12H13N3/c1-4-5-6-14-12-11(8-13)9(2)7-10(3)15-12/h7H,6H2,1-3H3,(H,14,15). The molecule has 1 aromatic heterocycles. The fourth-order valence-electron chi connectivity index (χ4n) is 1.32. The van der Waals surface area contributed by atoms with Crippen LogP contribution in [-0.4, -0.2) is 11.5 Å². The topological polar surface area (TPSA) is 48.7 Å². The highest BCUT2D eigenvalue weighted by atomic mass is 15.0. The maximum absolute atomic E-state index is 8.98. The average Bonchev–Trinajstić information content (AvgIpc) is 2.17. The van der Waals surface area contributed by atoms with Crippen LogP contribution in [0.1, 0.15) is 23.7 Å². The summed E-state index contributed by atoms with van der Waals surface area (Å²) in [4.78, 5) is 4.28. The highest BCUT2D eigenvalue weighted by Gasteiger charge is 2.06. The van der Waals surface area contributed by atoms with Crippen LogP contribution in [0.3, 0.4) is 0 Å². The van der Waals surface area contributed by atoms with Crippen molar-refractivity contribution in [3.8, 4) is 17.9 Å². The van der Waals surface area contributed by atoms with E-state index in [9.17, 15) is 0 Å². The number of hydrogen-bond acceptors (Lipinski definition) is 3. The summed E-state index contributed by atoms with van der Waals surface area (Å²) in [5.74, 6) is 6.28. The van der Waals surface area contributed by atoms with E-state index in [4.69, 9.17) is 5.26 Å². The van der Waals surface area contributed by atoms with Crippen molar-refractivity contribution in [2.24, 2.45) is 0 Å². The fourth-order valence-corrected chi connectivity index (χ4v) is 1.32. The number of hydrogen-bond donors (Lipinski definition) is 1. The van der Waals surface area contributed by atoms with Gasteiger partial charge in [0.05, 0.1) is 12.1 Å². The lowest BCUT2D eigenvalue weighted by molar-refractivity contribution is 1.14. The molecule has 0 aliphatic heterocycles. The molecule has 0 aromatic carbocycles. The SMILES string of the molecule is CC#CCNc1nc(C)cc(C)c1C#N. The van der Waals surface area contributed by atoms with Crippen LogP contribution in [0.4, 0.5) is 5.82 Å². The molecule has 0 saturated heterocycles. The van der Waals surface area contributed by atoms with Crippen LogP contribution in [0.25, 0.3) is 0 Å². The maximum atomic E-state index is 8.98. The first kappa shape index (κ1) is 11.1. The molecule has 0 fully saturated rings. The van der Waals surface area contributed by atoms with Crippen molar-refractivity contribution >= 4 is 5.82 Å². The Labute approximate surface area is 90.1 Å². The molecule has 0 atom stereocenters. The summed E-state index contributed by atoms with van der Waals surface area (Å²) in [6.45, 7) is 6.11. The van der Waals surface area contributed by atoms with Crippen LogP contribution in [0.2, 0.25) is 0 Å². The molecule has 1 heterocycles. The monoisotopic (exact) mass is 199 g/mol. The molecule has 0 aliphatic carbocycles. The van der Waals surface area contributed by atoms with Crippen LogP contribution in [0, 0.1) is 37.0 Å². The van der Waals surface area contributed by atoms with Crippen LogP contribution < -0.4 is 5.32 Å². The Morgan fingerprint density at radius 1 is 1.47 bits per heavy atom. The Kier molecular flexibility index (Phi) is 3.71. The van der Waals surface area contributed by atoms with Gasteiger partial charge in [-0.2, -0.15) is 5.26 Å². The molecule has 0 aliphatic rings. The van der Waals surface area contributed by atoms with Crippen molar-refractivity contribution in [3.05, 3.63) is 22.9 Å². The lowest BCUT2D eigenvalue weighted by Gasteiger charge is -2.07. The maximum Gasteiger partial charge on any atom is 0.145 e. The van der Waals surface area contributed by atoms with E-state index < -0.39 is 0 Å². The van der Waals surface area contributed by atoms with Gasteiger partial charge in [-0.1, -0.05) is 5.92 Å². The van der Waals surface area contributed by atoms with E-state index in [0.29, 0.717) is 17.9 Å². The first-order valence-electron chi connectivity index (χ1n) is 4.71. The average molecular weight is 199 g/mol.